The van der Waals surface area contributed by atoms with Gasteiger partial charge in [-0.25, -0.2) is 4.79 Å². The van der Waals surface area contributed by atoms with Crippen LogP contribution in [-0.2, 0) is 15.7 Å². The molecule has 3 aromatic carbocycles. The third-order valence-corrected chi connectivity index (χ3v) is 7.10. The number of hydrogen-bond acceptors (Lipinski definition) is 4. The van der Waals surface area contributed by atoms with E-state index in [4.69, 9.17) is 9.47 Å². The number of aromatic nitrogens is 1. The lowest BCUT2D eigenvalue weighted by molar-refractivity contribution is -0.137. The molecule has 0 unspecified atom stereocenters. The van der Waals surface area contributed by atoms with Crippen molar-refractivity contribution in [2.24, 2.45) is 0 Å². The fraction of sp³-hybridized carbons (Fsp3) is 0.323. The Morgan fingerprint density at radius 3 is 2.18 bits per heavy atom. The molecule has 0 amide bonds. The predicted octanol–water partition coefficient (Wildman–Crippen LogP) is 7.45. The van der Waals surface area contributed by atoms with E-state index in [-0.39, 0.29) is 6.61 Å². The number of halogens is 3. The fourth-order valence-corrected chi connectivity index (χ4v) is 5.08. The summed E-state index contributed by atoms with van der Waals surface area (Å²) in [5.41, 5.74) is 4.72. The van der Waals surface area contributed by atoms with Gasteiger partial charge in [0.05, 0.1) is 36.6 Å². The molecule has 204 valence electrons. The summed E-state index contributed by atoms with van der Waals surface area (Å²) in [5.74, 6) is -0.0700. The van der Waals surface area contributed by atoms with Gasteiger partial charge in [-0.15, -0.1) is 0 Å². The zero-order valence-corrected chi connectivity index (χ0v) is 22.2. The maximum atomic E-state index is 13.5. The third kappa shape index (κ3) is 5.26. The third-order valence-electron chi connectivity index (χ3n) is 7.10. The first-order valence-electron chi connectivity index (χ1n) is 13.1. The zero-order valence-electron chi connectivity index (χ0n) is 22.2. The van der Waals surface area contributed by atoms with Crippen LogP contribution in [0.3, 0.4) is 0 Å². The number of carbonyl (C=O) groups excluding carboxylic acids is 1. The molecule has 1 aliphatic rings. The highest BCUT2D eigenvalue weighted by Crippen LogP contribution is 2.40. The van der Waals surface area contributed by atoms with E-state index in [0.717, 1.165) is 40.0 Å². The lowest BCUT2D eigenvalue weighted by atomic mass is 10.0. The number of rotatable bonds is 6. The highest BCUT2D eigenvalue weighted by molar-refractivity contribution is 6.09. The van der Waals surface area contributed by atoms with E-state index in [1.807, 2.05) is 34.9 Å². The van der Waals surface area contributed by atoms with E-state index in [9.17, 15) is 18.0 Å². The molecule has 0 N–H and O–H groups in total. The van der Waals surface area contributed by atoms with E-state index < -0.39 is 17.7 Å². The minimum absolute atomic E-state index is 0.228. The molecule has 0 bridgehead atoms. The van der Waals surface area contributed by atoms with E-state index >= 15 is 0 Å². The van der Waals surface area contributed by atoms with Gasteiger partial charge in [0.25, 0.3) is 0 Å². The summed E-state index contributed by atoms with van der Waals surface area (Å²) in [4.78, 5) is 15.7. The average molecular weight is 537 g/mol. The van der Waals surface area contributed by atoms with Crippen LogP contribution in [0.2, 0.25) is 0 Å². The van der Waals surface area contributed by atoms with Crippen molar-refractivity contribution in [1.82, 2.24) is 4.57 Å². The van der Waals surface area contributed by atoms with Gasteiger partial charge in [0.15, 0.2) is 5.69 Å². The first kappa shape index (κ1) is 26.8. The molecule has 1 aromatic heterocycles. The topological polar surface area (TPSA) is 43.7 Å². The number of carbonyl (C=O) groups is 1. The Hall–Kier alpha value is -3.78. The van der Waals surface area contributed by atoms with Crippen molar-refractivity contribution in [2.45, 2.75) is 32.9 Å². The Balaban J connectivity index is 1.74. The van der Waals surface area contributed by atoms with Crippen LogP contribution in [0, 0.1) is 0 Å². The molecule has 0 saturated carbocycles. The Kier molecular flexibility index (Phi) is 7.40. The molecule has 0 radical (unpaired) electrons. The lowest BCUT2D eigenvalue weighted by Gasteiger charge is -2.29. The van der Waals surface area contributed by atoms with Gasteiger partial charge in [-0.3, -0.25) is 0 Å². The number of esters is 1. The molecule has 1 aliphatic heterocycles. The summed E-state index contributed by atoms with van der Waals surface area (Å²) in [6, 6.07) is 19.0. The van der Waals surface area contributed by atoms with Gasteiger partial charge in [-0.05, 0) is 65.9 Å². The second-order valence-corrected chi connectivity index (χ2v) is 9.91. The number of nitrogens with zero attached hydrogens (tertiary/aromatic N) is 2. The van der Waals surface area contributed by atoms with Gasteiger partial charge < -0.3 is 18.9 Å². The second kappa shape index (κ2) is 10.8. The van der Waals surface area contributed by atoms with E-state index in [0.29, 0.717) is 43.5 Å². The molecule has 39 heavy (non-hydrogen) atoms. The summed E-state index contributed by atoms with van der Waals surface area (Å²) in [6.45, 7) is 8.51. The van der Waals surface area contributed by atoms with E-state index in [1.165, 1.54) is 17.7 Å². The summed E-state index contributed by atoms with van der Waals surface area (Å²) < 4.78 is 52.5. The zero-order chi connectivity index (χ0) is 27.7. The first-order chi connectivity index (χ1) is 18.7. The SMILES string of the molecule is CCOC(=O)c1c(N2CCOCC2)c2cc(-c3ccc(C(F)(F)F)cc3)ccc2n1-c1ccc(C(C)C)cc1. The maximum Gasteiger partial charge on any atom is 0.416 e. The molecule has 2 heterocycles. The minimum atomic E-state index is -4.40. The standard InChI is InChI=1S/C31H31F3N2O3/c1-4-39-30(37)29-28(35-15-17-38-18-16-35)26-19-23(22-5-10-24(11-6-22)31(32,33)34)9-14-27(26)36(29)25-12-7-21(8-13-25)20(2)3/h5-14,19-20H,4,15-18H2,1-3H3. The number of anilines is 1. The van der Waals surface area contributed by atoms with Crippen LogP contribution in [0.25, 0.3) is 27.7 Å². The number of hydrogen-bond donors (Lipinski definition) is 0. The van der Waals surface area contributed by atoms with Gasteiger partial charge in [0.2, 0.25) is 0 Å². The maximum absolute atomic E-state index is 13.5. The molecular weight excluding hydrogens is 505 g/mol. The van der Waals surface area contributed by atoms with Crippen molar-refractivity contribution in [3.05, 3.63) is 83.6 Å². The van der Waals surface area contributed by atoms with Crippen LogP contribution in [0.15, 0.2) is 66.7 Å². The molecule has 1 saturated heterocycles. The summed E-state index contributed by atoms with van der Waals surface area (Å²) in [6.07, 6.45) is -4.40. The predicted molar refractivity (Wildman–Crippen MR) is 147 cm³/mol. The summed E-state index contributed by atoms with van der Waals surface area (Å²) in [5, 5.41) is 0.824. The number of benzene rings is 3. The lowest BCUT2D eigenvalue weighted by Crippen LogP contribution is -2.37. The first-order valence-corrected chi connectivity index (χ1v) is 13.1. The molecule has 8 heteroatoms. The minimum Gasteiger partial charge on any atom is -0.461 e. The molecule has 5 rings (SSSR count). The van der Waals surface area contributed by atoms with Crippen molar-refractivity contribution in [1.29, 1.82) is 0 Å². The largest absolute Gasteiger partial charge is 0.461 e. The number of morpholine rings is 1. The van der Waals surface area contributed by atoms with Crippen molar-refractivity contribution < 1.29 is 27.4 Å². The molecule has 0 aliphatic carbocycles. The second-order valence-electron chi connectivity index (χ2n) is 9.91. The van der Waals surface area contributed by atoms with E-state index in [2.05, 4.69) is 30.9 Å². The highest BCUT2D eigenvalue weighted by Gasteiger charge is 2.31. The van der Waals surface area contributed by atoms with Crippen molar-refractivity contribution >= 4 is 22.6 Å². The smallest absolute Gasteiger partial charge is 0.416 e. The van der Waals surface area contributed by atoms with Crippen LogP contribution in [0.4, 0.5) is 18.9 Å². The van der Waals surface area contributed by atoms with Crippen molar-refractivity contribution in [3.8, 4) is 16.8 Å². The van der Waals surface area contributed by atoms with Crippen molar-refractivity contribution in [2.75, 3.05) is 37.8 Å². The molecule has 0 atom stereocenters. The van der Waals surface area contributed by atoms with Crippen LogP contribution in [0.5, 0.6) is 0 Å². The number of alkyl halides is 3. The van der Waals surface area contributed by atoms with Crippen LogP contribution < -0.4 is 4.90 Å². The molecular formula is C31H31F3N2O3. The van der Waals surface area contributed by atoms with Gasteiger partial charge in [-0.1, -0.05) is 44.2 Å². The van der Waals surface area contributed by atoms with E-state index in [1.54, 1.807) is 6.92 Å². The molecule has 4 aromatic rings. The number of fused-ring (bicyclic) bond motifs is 1. The van der Waals surface area contributed by atoms with Crippen molar-refractivity contribution in [3.63, 3.8) is 0 Å². The molecule has 1 fully saturated rings. The normalized spacial score (nSPS) is 14.3. The average Bonchev–Trinajstić information content (AvgIpc) is 3.28. The van der Waals surface area contributed by atoms with Crippen LogP contribution in [-0.4, -0.2) is 43.4 Å². The van der Waals surface area contributed by atoms with Crippen LogP contribution in [0.1, 0.15) is 48.3 Å². The summed E-state index contributed by atoms with van der Waals surface area (Å²) in [7, 11) is 0. The van der Waals surface area contributed by atoms with Gasteiger partial charge in [-0.2, -0.15) is 13.2 Å². The van der Waals surface area contributed by atoms with Gasteiger partial charge in [0, 0.05) is 24.2 Å². The highest BCUT2D eigenvalue weighted by atomic mass is 19.4. The van der Waals surface area contributed by atoms with Crippen LogP contribution >= 0.6 is 0 Å². The Morgan fingerprint density at radius 1 is 0.949 bits per heavy atom. The van der Waals surface area contributed by atoms with Gasteiger partial charge in [0.1, 0.15) is 0 Å². The number of ether oxygens (including phenoxy) is 2. The molecule has 0 spiro atoms. The fourth-order valence-electron chi connectivity index (χ4n) is 5.08. The molecule has 5 nitrogen and oxygen atoms in total. The Labute approximate surface area is 225 Å². The quantitative estimate of drug-likeness (QED) is 0.240. The summed E-state index contributed by atoms with van der Waals surface area (Å²) >= 11 is 0. The van der Waals surface area contributed by atoms with Gasteiger partial charge >= 0.3 is 12.1 Å². The Bertz CT molecular complexity index is 1470. The Morgan fingerprint density at radius 2 is 1.59 bits per heavy atom. The monoisotopic (exact) mass is 536 g/mol.